The van der Waals surface area contributed by atoms with E-state index in [1.807, 2.05) is 38.3 Å². The van der Waals surface area contributed by atoms with Crippen LogP contribution < -0.4 is 5.32 Å². The van der Waals surface area contributed by atoms with E-state index < -0.39 is 11.9 Å². The zero-order valence-electron chi connectivity index (χ0n) is 14.3. The Morgan fingerprint density at radius 2 is 1.92 bits per heavy atom. The molecule has 0 aliphatic rings. The third-order valence-corrected chi connectivity index (χ3v) is 4.15. The van der Waals surface area contributed by atoms with Crippen molar-refractivity contribution in [2.45, 2.75) is 34.2 Å². The molecule has 0 aliphatic carbocycles. The van der Waals surface area contributed by atoms with E-state index in [9.17, 15) is 9.59 Å². The summed E-state index contributed by atoms with van der Waals surface area (Å²) in [4.78, 5) is 24.2. The molecule has 1 amide bonds. The molecule has 1 N–H and O–H groups in total. The second-order valence-corrected chi connectivity index (χ2v) is 6.05. The summed E-state index contributed by atoms with van der Waals surface area (Å²) in [5.74, 6) is -0.904. The fourth-order valence-electron chi connectivity index (χ4n) is 2.62. The molecule has 1 aromatic carbocycles. The van der Waals surface area contributed by atoms with Crippen molar-refractivity contribution in [1.29, 1.82) is 0 Å². The largest absolute Gasteiger partial charge is 0.452 e. The molecule has 0 radical (unpaired) electrons. The first-order valence-corrected chi connectivity index (χ1v) is 8.11. The maximum atomic E-state index is 12.2. The Morgan fingerprint density at radius 3 is 2.54 bits per heavy atom. The zero-order valence-corrected chi connectivity index (χ0v) is 15.0. The molecule has 0 unspecified atom stereocenters. The molecular weight excluding hydrogens is 328 g/mol. The maximum absolute atomic E-state index is 12.2. The van der Waals surface area contributed by atoms with E-state index in [1.54, 1.807) is 18.2 Å². The molecule has 0 atom stereocenters. The van der Waals surface area contributed by atoms with Crippen LogP contribution in [0.1, 0.15) is 34.2 Å². The van der Waals surface area contributed by atoms with Gasteiger partial charge in [0, 0.05) is 28.6 Å². The van der Waals surface area contributed by atoms with Gasteiger partial charge in [-0.15, -0.1) is 0 Å². The molecule has 0 fully saturated rings. The number of amides is 1. The van der Waals surface area contributed by atoms with Gasteiger partial charge in [-0.1, -0.05) is 17.7 Å². The molecule has 0 saturated heterocycles. The summed E-state index contributed by atoms with van der Waals surface area (Å²) >= 11 is 5.92. The quantitative estimate of drug-likeness (QED) is 0.834. The number of nitrogens with zero attached hydrogens (tertiary/aromatic N) is 1. The molecule has 1 heterocycles. The van der Waals surface area contributed by atoms with Gasteiger partial charge >= 0.3 is 5.97 Å². The lowest BCUT2D eigenvalue weighted by atomic mass is 10.2. The van der Waals surface area contributed by atoms with Gasteiger partial charge in [0.1, 0.15) is 0 Å². The Labute approximate surface area is 146 Å². The summed E-state index contributed by atoms with van der Waals surface area (Å²) in [6.45, 7) is 8.10. The average Bonchev–Trinajstić information content (AvgIpc) is 2.82. The van der Waals surface area contributed by atoms with Crippen molar-refractivity contribution in [3.63, 3.8) is 0 Å². The molecule has 6 heteroatoms. The van der Waals surface area contributed by atoms with E-state index in [2.05, 4.69) is 5.32 Å². The highest BCUT2D eigenvalue weighted by Crippen LogP contribution is 2.20. The van der Waals surface area contributed by atoms with Crippen LogP contribution in [0.15, 0.2) is 24.3 Å². The van der Waals surface area contributed by atoms with Gasteiger partial charge in [-0.3, -0.25) is 4.79 Å². The number of aromatic nitrogens is 1. The van der Waals surface area contributed by atoms with Gasteiger partial charge in [0.2, 0.25) is 0 Å². The van der Waals surface area contributed by atoms with Crippen molar-refractivity contribution in [3.05, 3.63) is 51.8 Å². The normalized spacial score (nSPS) is 10.5. The summed E-state index contributed by atoms with van der Waals surface area (Å²) in [6.07, 6.45) is 0. The monoisotopic (exact) mass is 348 g/mol. The molecule has 0 saturated carbocycles. The van der Waals surface area contributed by atoms with Crippen LogP contribution in [0.2, 0.25) is 5.02 Å². The number of halogens is 1. The van der Waals surface area contributed by atoms with Gasteiger partial charge in [-0.2, -0.15) is 0 Å². The Hall–Kier alpha value is -2.27. The average molecular weight is 349 g/mol. The predicted octanol–water partition coefficient (Wildman–Crippen LogP) is 3.88. The van der Waals surface area contributed by atoms with Gasteiger partial charge in [0.05, 0.1) is 5.56 Å². The van der Waals surface area contributed by atoms with Crippen LogP contribution >= 0.6 is 11.6 Å². The fraction of sp³-hybridized carbons (Fsp3) is 0.333. The lowest BCUT2D eigenvalue weighted by Crippen LogP contribution is -2.21. The summed E-state index contributed by atoms with van der Waals surface area (Å²) in [5.41, 5.74) is 3.80. The number of benzene rings is 1. The number of aryl methyl sites for hydroxylation is 2. The second kappa shape index (κ2) is 7.53. The maximum Gasteiger partial charge on any atom is 0.340 e. The molecule has 0 bridgehead atoms. The Bertz CT molecular complexity index is 781. The smallest absolute Gasteiger partial charge is 0.340 e. The number of anilines is 1. The number of hydrogen-bond acceptors (Lipinski definition) is 3. The standard InChI is InChI=1S/C18H21ClN2O3/c1-5-21-12(3)8-15(13(21)4)18(23)24-10-17(22)20-16-9-14(19)7-6-11(16)2/h6-9H,5,10H2,1-4H3,(H,20,22). The Balaban J connectivity index is 1.99. The van der Waals surface area contributed by atoms with E-state index in [1.165, 1.54) is 0 Å². The summed E-state index contributed by atoms with van der Waals surface area (Å²) in [5, 5.41) is 3.22. The summed E-state index contributed by atoms with van der Waals surface area (Å²) < 4.78 is 7.15. The van der Waals surface area contributed by atoms with Crippen LogP contribution in [-0.2, 0) is 16.1 Å². The van der Waals surface area contributed by atoms with E-state index in [0.717, 1.165) is 23.5 Å². The van der Waals surface area contributed by atoms with Gasteiger partial charge in [0.25, 0.3) is 5.91 Å². The lowest BCUT2D eigenvalue weighted by Gasteiger charge is -2.09. The Kier molecular flexibility index (Phi) is 5.67. The van der Waals surface area contributed by atoms with E-state index >= 15 is 0 Å². The molecule has 1 aromatic heterocycles. The number of carbonyl (C=O) groups excluding carboxylic acids is 2. The first kappa shape index (κ1) is 18.1. The van der Waals surface area contributed by atoms with Crippen molar-refractivity contribution in [2.24, 2.45) is 0 Å². The van der Waals surface area contributed by atoms with Crippen LogP contribution in [0, 0.1) is 20.8 Å². The molecule has 0 spiro atoms. The van der Waals surface area contributed by atoms with Crippen molar-refractivity contribution in [3.8, 4) is 0 Å². The zero-order chi connectivity index (χ0) is 17.9. The minimum Gasteiger partial charge on any atom is -0.452 e. The number of carbonyl (C=O) groups is 2. The molecule has 2 rings (SSSR count). The van der Waals surface area contributed by atoms with Crippen LogP contribution in [0.4, 0.5) is 5.69 Å². The minimum absolute atomic E-state index is 0.347. The van der Waals surface area contributed by atoms with Gasteiger partial charge in [-0.25, -0.2) is 4.79 Å². The third-order valence-electron chi connectivity index (χ3n) is 3.92. The summed E-state index contributed by atoms with van der Waals surface area (Å²) in [7, 11) is 0. The van der Waals surface area contributed by atoms with E-state index in [-0.39, 0.29) is 6.61 Å². The first-order chi connectivity index (χ1) is 11.3. The van der Waals surface area contributed by atoms with Gasteiger partial charge < -0.3 is 14.6 Å². The number of nitrogens with one attached hydrogen (secondary N) is 1. The number of hydrogen-bond donors (Lipinski definition) is 1. The number of ether oxygens (including phenoxy) is 1. The van der Waals surface area contributed by atoms with Crippen molar-refractivity contribution >= 4 is 29.2 Å². The highest BCUT2D eigenvalue weighted by atomic mass is 35.5. The number of rotatable bonds is 5. The molecule has 5 nitrogen and oxygen atoms in total. The molecule has 128 valence electrons. The van der Waals surface area contributed by atoms with Crippen molar-refractivity contribution in [2.75, 3.05) is 11.9 Å². The van der Waals surface area contributed by atoms with Crippen LogP contribution in [0.3, 0.4) is 0 Å². The molecule has 24 heavy (non-hydrogen) atoms. The SMILES string of the molecule is CCn1c(C)cc(C(=O)OCC(=O)Nc2cc(Cl)ccc2C)c1C. The topological polar surface area (TPSA) is 60.3 Å². The predicted molar refractivity (Wildman–Crippen MR) is 94.7 cm³/mol. The summed E-state index contributed by atoms with van der Waals surface area (Å²) in [6, 6.07) is 6.99. The molecule has 0 aliphatic heterocycles. The number of esters is 1. The highest BCUT2D eigenvalue weighted by molar-refractivity contribution is 6.31. The highest BCUT2D eigenvalue weighted by Gasteiger charge is 2.17. The fourth-order valence-corrected chi connectivity index (χ4v) is 2.79. The van der Waals surface area contributed by atoms with Crippen LogP contribution in [0.5, 0.6) is 0 Å². The van der Waals surface area contributed by atoms with Crippen molar-refractivity contribution < 1.29 is 14.3 Å². The second-order valence-electron chi connectivity index (χ2n) is 5.61. The van der Waals surface area contributed by atoms with Gasteiger partial charge in [0.15, 0.2) is 6.61 Å². The van der Waals surface area contributed by atoms with Crippen molar-refractivity contribution in [1.82, 2.24) is 4.57 Å². The van der Waals surface area contributed by atoms with Gasteiger partial charge in [-0.05, 0) is 51.5 Å². The van der Waals surface area contributed by atoms with E-state index in [0.29, 0.717) is 16.3 Å². The lowest BCUT2D eigenvalue weighted by molar-refractivity contribution is -0.119. The molecule has 2 aromatic rings. The van der Waals surface area contributed by atoms with E-state index in [4.69, 9.17) is 16.3 Å². The molecular formula is C18H21ClN2O3. The van der Waals surface area contributed by atoms with Crippen LogP contribution in [-0.4, -0.2) is 23.1 Å². The third kappa shape index (κ3) is 3.97. The van der Waals surface area contributed by atoms with Crippen LogP contribution in [0.25, 0.3) is 0 Å². The Morgan fingerprint density at radius 1 is 1.21 bits per heavy atom. The first-order valence-electron chi connectivity index (χ1n) is 7.73. The minimum atomic E-state index is -0.499.